The number of aromatic nitrogens is 4. The largest absolute Gasteiger partial charge is 0.379 e. The van der Waals surface area contributed by atoms with E-state index < -0.39 is 31.4 Å². The van der Waals surface area contributed by atoms with Crippen molar-refractivity contribution in [2.45, 2.75) is 38.0 Å². The van der Waals surface area contributed by atoms with E-state index in [1.807, 2.05) is 36.4 Å². The number of anilines is 2. The Balaban J connectivity index is 0.965. The van der Waals surface area contributed by atoms with E-state index in [4.69, 9.17) is 16.3 Å². The summed E-state index contributed by atoms with van der Waals surface area (Å²) in [5, 5.41) is 20.0. The molecule has 0 atom stereocenters. The maximum atomic E-state index is 14.2. The van der Waals surface area contributed by atoms with Crippen molar-refractivity contribution in [3.8, 4) is 5.69 Å². The molecule has 5 heterocycles. The monoisotopic (exact) mass is 906 g/mol. The van der Waals surface area contributed by atoms with Crippen molar-refractivity contribution in [2.24, 2.45) is 5.41 Å². The first kappa shape index (κ1) is 43.4. The Hall–Kier alpha value is -5.85. The number of nitro groups is 1. The van der Waals surface area contributed by atoms with Crippen LogP contribution in [0.3, 0.4) is 0 Å². The minimum absolute atomic E-state index is 0.0678. The average Bonchev–Trinajstić information content (AvgIpc) is 3.93. The van der Waals surface area contributed by atoms with Crippen molar-refractivity contribution >= 4 is 72.2 Å². The van der Waals surface area contributed by atoms with Crippen LogP contribution in [0.15, 0.2) is 95.7 Å². The standard InChI is InChI=1S/C46H51ClN10O6S/c1-46(2)13-11-33(38(28-46)31-3-5-34(47)6-4-31)30-54-17-19-55(20-18-54)35-7-9-37(41(26-35)56-42-25-32-12-14-49-44(32)51-40(42)29-50-56)45(58)52-64(61,62)36-8-10-39(43(27-36)57(59)60)48-15-16-53-21-23-63-24-22-53/h3-10,12,14,25-27,29,48,50H,11,13,15-24,28,30H2,1-2H3,(H,52,58). The predicted molar refractivity (Wildman–Crippen MR) is 249 cm³/mol. The Morgan fingerprint density at radius 3 is 2.52 bits per heavy atom. The highest BCUT2D eigenvalue weighted by atomic mass is 35.5. The van der Waals surface area contributed by atoms with Gasteiger partial charge in [-0.3, -0.25) is 34.5 Å². The lowest BCUT2D eigenvalue weighted by Crippen LogP contribution is -2.47. The number of morpholine rings is 1. The number of carbonyl (C=O) groups excluding carboxylic acids is 1. The van der Waals surface area contributed by atoms with Crippen LogP contribution in [0, 0.1) is 15.5 Å². The number of fused-ring (bicyclic) bond motifs is 2. The van der Waals surface area contributed by atoms with Crippen LogP contribution >= 0.6 is 11.6 Å². The summed E-state index contributed by atoms with van der Waals surface area (Å²) in [5.74, 6) is -0.901. The number of aromatic amines is 1. The number of nitro benzene ring substituents is 1. The summed E-state index contributed by atoms with van der Waals surface area (Å²) in [4.78, 5) is 41.3. The lowest BCUT2D eigenvalue weighted by atomic mass is 9.72. The molecule has 1 aliphatic carbocycles. The number of amides is 1. The van der Waals surface area contributed by atoms with E-state index in [9.17, 15) is 23.3 Å². The van der Waals surface area contributed by atoms with E-state index in [1.165, 1.54) is 28.8 Å². The highest BCUT2D eigenvalue weighted by Crippen LogP contribution is 2.43. The van der Waals surface area contributed by atoms with Crippen molar-refractivity contribution in [3.05, 3.63) is 117 Å². The fourth-order valence-electron chi connectivity index (χ4n) is 9.00. The van der Waals surface area contributed by atoms with Crippen LogP contribution in [0.5, 0.6) is 0 Å². The number of rotatable bonds is 13. The molecule has 3 aromatic carbocycles. The maximum Gasteiger partial charge on any atom is 0.293 e. The lowest BCUT2D eigenvalue weighted by Gasteiger charge is -2.39. The Bertz CT molecular complexity index is 2860. The second kappa shape index (κ2) is 18.0. The summed E-state index contributed by atoms with van der Waals surface area (Å²) in [6.07, 6.45) is 6.59. The number of allylic oxidation sites excluding steroid dienone is 1. The summed E-state index contributed by atoms with van der Waals surface area (Å²) in [6, 6.07) is 20.9. The van der Waals surface area contributed by atoms with Gasteiger partial charge in [0.2, 0.25) is 0 Å². The highest BCUT2D eigenvalue weighted by Gasteiger charge is 2.31. The lowest BCUT2D eigenvalue weighted by molar-refractivity contribution is -0.384. The quantitative estimate of drug-likeness (QED) is 0.0790. The number of hydrogen-bond donors (Lipinski definition) is 3. The van der Waals surface area contributed by atoms with Crippen molar-refractivity contribution < 1.29 is 22.9 Å². The first-order valence-corrected chi connectivity index (χ1v) is 23.5. The molecule has 1 amide bonds. The summed E-state index contributed by atoms with van der Waals surface area (Å²) < 4.78 is 37.0. The Kier molecular flexibility index (Phi) is 12.2. The van der Waals surface area contributed by atoms with Crippen molar-refractivity contribution in [1.29, 1.82) is 0 Å². The fraction of sp³-hybridized carbons (Fsp3) is 0.370. The molecule has 2 saturated heterocycles. The van der Waals surface area contributed by atoms with Gasteiger partial charge in [0.1, 0.15) is 11.2 Å². The third-order valence-electron chi connectivity index (χ3n) is 12.6. The molecule has 64 heavy (non-hydrogen) atoms. The Labute approximate surface area is 376 Å². The number of sulfonamides is 1. The van der Waals surface area contributed by atoms with Crippen molar-refractivity contribution in [1.82, 2.24) is 34.3 Å². The Morgan fingerprint density at radius 1 is 0.969 bits per heavy atom. The third-order valence-corrected chi connectivity index (χ3v) is 14.2. The minimum Gasteiger partial charge on any atom is -0.379 e. The molecule has 18 heteroatoms. The SMILES string of the molecule is CC1(C)CCC(CN2CCN(c3ccc(C(=O)NS(=O)(=O)c4ccc(NCCN5CCOCC5)c([N+](=O)[O-])c4)c(-n4[nH]cc5nc6nccc6cc54)c3)CC2)=C(c2ccc(Cl)cc2)C1. The fourth-order valence-corrected chi connectivity index (χ4v) is 10.1. The second-order valence-electron chi connectivity index (χ2n) is 17.5. The predicted octanol–water partition coefficient (Wildman–Crippen LogP) is 7.11. The van der Waals surface area contributed by atoms with Gasteiger partial charge in [0, 0.05) is 93.5 Å². The van der Waals surface area contributed by atoms with E-state index in [0.29, 0.717) is 48.7 Å². The number of pyridine rings is 1. The first-order valence-electron chi connectivity index (χ1n) is 21.6. The maximum absolute atomic E-state index is 14.2. The van der Waals surface area contributed by atoms with E-state index in [-0.39, 0.29) is 16.7 Å². The van der Waals surface area contributed by atoms with Gasteiger partial charge in [-0.25, -0.2) is 23.1 Å². The minimum atomic E-state index is -4.57. The van der Waals surface area contributed by atoms with Gasteiger partial charge in [-0.15, -0.1) is 0 Å². The zero-order chi connectivity index (χ0) is 44.6. The number of benzene rings is 3. The molecule has 2 aliphatic heterocycles. The summed E-state index contributed by atoms with van der Waals surface area (Å²) >= 11 is 6.26. The molecule has 0 radical (unpaired) electrons. The number of nitrogens with one attached hydrogen (secondary N) is 3. The van der Waals surface area contributed by atoms with Gasteiger partial charge >= 0.3 is 0 Å². The molecule has 0 spiro atoms. The van der Waals surface area contributed by atoms with Crippen LogP contribution in [0.25, 0.3) is 33.3 Å². The number of nitrogens with zero attached hydrogens (tertiary/aromatic N) is 7. The number of halogens is 1. The summed E-state index contributed by atoms with van der Waals surface area (Å²) in [5.41, 5.74) is 7.28. The van der Waals surface area contributed by atoms with E-state index >= 15 is 0 Å². The molecule has 3 N–H and O–H groups in total. The van der Waals surface area contributed by atoms with Crippen LogP contribution in [0.4, 0.5) is 17.1 Å². The highest BCUT2D eigenvalue weighted by molar-refractivity contribution is 7.90. The van der Waals surface area contributed by atoms with Crippen LogP contribution < -0.4 is 14.9 Å². The van der Waals surface area contributed by atoms with E-state index in [2.05, 4.69) is 65.8 Å². The number of H-pyrrole nitrogens is 1. The normalized spacial score (nSPS) is 17.6. The molecule has 2 fully saturated rings. The van der Waals surface area contributed by atoms with E-state index in [1.54, 1.807) is 23.1 Å². The zero-order valence-electron chi connectivity index (χ0n) is 35.8. The second-order valence-corrected chi connectivity index (χ2v) is 19.6. The molecule has 16 nitrogen and oxygen atoms in total. The van der Waals surface area contributed by atoms with Crippen LogP contribution in [0.1, 0.15) is 49.0 Å². The molecular formula is C46H51ClN10O6S. The van der Waals surface area contributed by atoms with Gasteiger partial charge in [0.15, 0.2) is 5.65 Å². The smallest absolute Gasteiger partial charge is 0.293 e. The first-order chi connectivity index (χ1) is 30.8. The van der Waals surface area contributed by atoms with Gasteiger partial charge in [-0.05, 0) is 90.4 Å². The molecule has 0 saturated carbocycles. The number of piperazine rings is 1. The molecule has 334 valence electrons. The van der Waals surface area contributed by atoms with Crippen LogP contribution in [0.2, 0.25) is 5.02 Å². The molecular weight excluding hydrogens is 856 g/mol. The molecule has 6 aromatic rings. The topological polar surface area (TPSA) is 184 Å². The summed E-state index contributed by atoms with van der Waals surface area (Å²) in [6.45, 7) is 12.5. The summed E-state index contributed by atoms with van der Waals surface area (Å²) in [7, 11) is -4.57. The molecule has 0 unspecified atom stereocenters. The molecule has 9 rings (SSSR count). The number of ether oxygens (including phenoxy) is 1. The number of carbonyl (C=O) groups is 1. The van der Waals surface area contributed by atoms with Gasteiger partial charge in [0.05, 0.1) is 39.8 Å². The molecule has 3 aromatic heterocycles. The van der Waals surface area contributed by atoms with Gasteiger partial charge in [-0.2, -0.15) is 0 Å². The molecule has 0 bridgehead atoms. The number of hydrogen-bond acceptors (Lipinski definition) is 12. The van der Waals surface area contributed by atoms with Crippen LogP contribution in [-0.2, 0) is 14.8 Å². The zero-order valence-corrected chi connectivity index (χ0v) is 37.4. The van der Waals surface area contributed by atoms with Crippen molar-refractivity contribution in [3.63, 3.8) is 0 Å². The van der Waals surface area contributed by atoms with Crippen LogP contribution in [-0.4, -0.2) is 121 Å². The Morgan fingerprint density at radius 2 is 1.75 bits per heavy atom. The average molecular weight is 907 g/mol. The third kappa shape index (κ3) is 9.35. The van der Waals surface area contributed by atoms with Gasteiger partial charge < -0.3 is 15.0 Å². The van der Waals surface area contributed by atoms with Gasteiger partial charge in [-0.1, -0.05) is 43.2 Å². The molecule has 3 aliphatic rings. The van der Waals surface area contributed by atoms with E-state index in [0.717, 1.165) is 87.2 Å². The van der Waals surface area contributed by atoms with Crippen molar-refractivity contribution in [2.75, 3.05) is 82.3 Å². The van der Waals surface area contributed by atoms with Gasteiger partial charge in [0.25, 0.3) is 21.6 Å².